The van der Waals surface area contributed by atoms with Crippen LogP contribution in [0, 0.1) is 5.92 Å². The minimum atomic E-state index is 0. The molecule has 1 saturated heterocycles. The Kier molecular flexibility index (Phi) is 10.2. The van der Waals surface area contributed by atoms with Crippen LogP contribution in [0.5, 0.6) is 0 Å². The Morgan fingerprint density at radius 1 is 1.33 bits per heavy atom. The van der Waals surface area contributed by atoms with Gasteiger partial charge in [-0.15, -0.1) is 24.0 Å². The van der Waals surface area contributed by atoms with Crippen LogP contribution in [0.4, 0.5) is 0 Å². The summed E-state index contributed by atoms with van der Waals surface area (Å²) in [7, 11) is 1.89. The van der Waals surface area contributed by atoms with Gasteiger partial charge in [0.25, 0.3) is 0 Å². The molecule has 0 radical (unpaired) electrons. The maximum atomic E-state index is 4.57. The molecule has 0 unspecified atom stereocenters. The zero-order valence-electron chi connectivity index (χ0n) is 15.2. The normalized spacial score (nSPS) is 16.7. The third-order valence-electron chi connectivity index (χ3n) is 4.35. The van der Waals surface area contributed by atoms with Crippen molar-refractivity contribution >= 4 is 29.9 Å². The topological polar surface area (TPSA) is 70.4 Å². The van der Waals surface area contributed by atoms with Crippen molar-refractivity contribution in [3.05, 3.63) is 12.2 Å². The molecular weight excluding hydrogens is 417 g/mol. The summed E-state index contributed by atoms with van der Waals surface area (Å²) in [5, 5.41) is 10.7. The number of nitrogens with zero attached hydrogens (tertiary/aromatic N) is 5. The van der Waals surface area contributed by atoms with Crippen molar-refractivity contribution in [2.45, 2.75) is 39.7 Å². The van der Waals surface area contributed by atoms with Crippen molar-refractivity contribution in [1.82, 2.24) is 30.3 Å². The van der Waals surface area contributed by atoms with E-state index in [4.69, 9.17) is 0 Å². The number of likely N-dealkylation sites (tertiary alicyclic amines) is 1. The molecular formula is C16H32IN7. The molecule has 0 bridgehead atoms. The summed E-state index contributed by atoms with van der Waals surface area (Å²) in [6.45, 7) is 10.4. The standard InChI is InChI=1S/C16H31N7.HI/c1-4-17-16(19-12-15-20-13-21-22(15)3)18-8-5-9-23-10-6-14(2)7-11-23;/h13-14H,4-12H2,1-3H3,(H2,17,18,19);1H. The lowest BCUT2D eigenvalue weighted by Crippen LogP contribution is -2.39. The molecule has 2 N–H and O–H groups in total. The molecule has 1 aromatic rings. The molecule has 2 heterocycles. The molecule has 0 atom stereocenters. The highest BCUT2D eigenvalue weighted by Gasteiger charge is 2.14. The molecule has 138 valence electrons. The molecule has 0 spiro atoms. The highest BCUT2D eigenvalue weighted by molar-refractivity contribution is 14.0. The Labute approximate surface area is 162 Å². The van der Waals surface area contributed by atoms with Crippen LogP contribution in [0.3, 0.4) is 0 Å². The van der Waals surface area contributed by atoms with Crippen molar-refractivity contribution in [3.8, 4) is 0 Å². The van der Waals surface area contributed by atoms with E-state index < -0.39 is 0 Å². The quantitative estimate of drug-likeness (QED) is 0.287. The first-order valence-corrected chi connectivity index (χ1v) is 8.76. The zero-order valence-corrected chi connectivity index (χ0v) is 17.5. The molecule has 0 amide bonds. The van der Waals surface area contributed by atoms with Gasteiger partial charge in [0, 0.05) is 20.1 Å². The molecule has 1 aromatic heterocycles. The first kappa shape index (κ1) is 21.1. The van der Waals surface area contributed by atoms with Crippen molar-refractivity contribution in [2.24, 2.45) is 18.0 Å². The lowest BCUT2D eigenvalue weighted by Gasteiger charge is -2.30. The van der Waals surface area contributed by atoms with Crippen LogP contribution in [0.2, 0.25) is 0 Å². The van der Waals surface area contributed by atoms with Crippen molar-refractivity contribution in [3.63, 3.8) is 0 Å². The molecule has 1 aliphatic heterocycles. The largest absolute Gasteiger partial charge is 0.357 e. The number of aromatic nitrogens is 3. The van der Waals surface area contributed by atoms with Gasteiger partial charge in [-0.3, -0.25) is 4.68 Å². The van der Waals surface area contributed by atoms with E-state index in [9.17, 15) is 0 Å². The van der Waals surface area contributed by atoms with Gasteiger partial charge < -0.3 is 15.5 Å². The van der Waals surface area contributed by atoms with E-state index in [1.165, 1.54) is 32.5 Å². The van der Waals surface area contributed by atoms with Crippen LogP contribution in [-0.2, 0) is 13.6 Å². The smallest absolute Gasteiger partial charge is 0.191 e. The fourth-order valence-corrected chi connectivity index (χ4v) is 2.75. The lowest BCUT2D eigenvalue weighted by molar-refractivity contribution is 0.191. The summed E-state index contributed by atoms with van der Waals surface area (Å²) in [6, 6.07) is 0. The first-order chi connectivity index (χ1) is 11.2. The summed E-state index contributed by atoms with van der Waals surface area (Å²) in [4.78, 5) is 11.3. The summed E-state index contributed by atoms with van der Waals surface area (Å²) >= 11 is 0. The minimum Gasteiger partial charge on any atom is -0.357 e. The van der Waals surface area contributed by atoms with E-state index in [1.807, 2.05) is 7.05 Å². The Morgan fingerprint density at radius 2 is 2.08 bits per heavy atom. The maximum Gasteiger partial charge on any atom is 0.191 e. The number of hydrogen-bond acceptors (Lipinski definition) is 4. The predicted octanol–water partition coefficient (Wildman–Crippen LogP) is 1.61. The zero-order chi connectivity index (χ0) is 16.5. The van der Waals surface area contributed by atoms with E-state index >= 15 is 0 Å². The van der Waals surface area contributed by atoms with Crippen molar-refractivity contribution < 1.29 is 0 Å². The number of piperidine rings is 1. The molecule has 0 saturated carbocycles. The molecule has 0 aliphatic carbocycles. The molecule has 0 aromatic carbocycles. The summed E-state index contributed by atoms with van der Waals surface area (Å²) in [6.07, 6.45) is 5.39. The van der Waals surface area contributed by atoms with E-state index in [0.29, 0.717) is 6.54 Å². The summed E-state index contributed by atoms with van der Waals surface area (Å²) < 4.78 is 1.75. The van der Waals surface area contributed by atoms with Crippen LogP contribution < -0.4 is 10.6 Å². The maximum absolute atomic E-state index is 4.57. The monoisotopic (exact) mass is 449 g/mol. The van der Waals surface area contributed by atoms with E-state index in [-0.39, 0.29) is 24.0 Å². The van der Waals surface area contributed by atoms with Gasteiger partial charge in [-0.2, -0.15) is 5.10 Å². The summed E-state index contributed by atoms with van der Waals surface area (Å²) in [5.74, 6) is 2.62. The number of aryl methyl sites for hydroxylation is 1. The van der Waals surface area contributed by atoms with Gasteiger partial charge in [-0.25, -0.2) is 9.98 Å². The molecule has 8 heteroatoms. The average molecular weight is 449 g/mol. The first-order valence-electron chi connectivity index (χ1n) is 8.76. The van der Waals surface area contributed by atoms with Gasteiger partial charge in [0.15, 0.2) is 5.96 Å². The van der Waals surface area contributed by atoms with Gasteiger partial charge in [0.2, 0.25) is 0 Å². The molecule has 1 aliphatic rings. The number of nitrogens with one attached hydrogen (secondary N) is 2. The second-order valence-electron chi connectivity index (χ2n) is 6.30. The number of rotatable bonds is 7. The summed E-state index contributed by atoms with van der Waals surface area (Å²) in [5.41, 5.74) is 0. The van der Waals surface area contributed by atoms with Crippen molar-refractivity contribution in [1.29, 1.82) is 0 Å². The van der Waals surface area contributed by atoms with Gasteiger partial charge in [0.05, 0.1) is 0 Å². The average Bonchev–Trinajstić information content (AvgIpc) is 2.96. The second-order valence-corrected chi connectivity index (χ2v) is 6.30. The third-order valence-corrected chi connectivity index (χ3v) is 4.35. The number of aliphatic imine (C=N–C) groups is 1. The lowest BCUT2D eigenvalue weighted by atomic mass is 9.99. The second kappa shape index (κ2) is 11.6. The molecule has 2 rings (SSSR count). The Bertz CT molecular complexity index is 481. The molecule has 7 nitrogen and oxygen atoms in total. The number of guanidine groups is 1. The number of hydrogen-bond donors (Lipinski definition) is 2. The molecule has 24 heavy (non-hydrogen) atoms. The van der Waals surface area contributed by atoms with E-state index in [2.05, 4.69) is 44.5 Å². The fraction of sp³-hybridized carbons (Fsp3) is 0.812. The van der Waals surface area contributed by atoms with Crippen LogP contribution >= 0.6 is 24.0 Å². The van der Waals surface area contributed by atoms with Gasteiger partial charge in [-0.1, -0.05) is 6.92 Å². The highest BCUT2D eigenvalue weighted by atomic mass is 127. The Hall–Kier alpha value is -0.900. The molecule has 1 fully saturated rings. The SMILES string of the molecule is CCNC(=NCc1ncnn1C)NCCCN1CCC(C)CC1.I. The van der Waals surface area contributed by atoms with E-state index in [0.717, 1.165) is 37.2 Å². The predicted molar refractivity (Wildman–Crippen MR) is 109 cm³/mol. The Balaban J connectivity index is 0.00000288. The van der Waals surface area contributed by atoms with Gasteiger partial charge in [-0.05, 0) is 51.7 Å². The van der Waals surface area contributed by atoms with Crippen LogP contribution in [0.1, 0.15) is 38.9 Å². The highest BCUT2D eigenvalue weighted by Crippen LogP contribution is 2.15. The van der Waals surface area contributed by atoms with Gasteiger partial charge in [0.1, 0.15) is 18.7 Å². The van der Waals surface area contributed by atoms with Gasteiger partial charge >= 0.3 is 0 Å². The van der Waals surface area contributed by atoms with E-state index in [1.54, 1.807) is 11.0 Å². The number of halogens is 1. The van der Waals surface area contributed by atoms with Crippen LogP contribution in [-0.4, -0.2) is 58.3 Å². The minimum absolute atomic E-state index is 0. The Morgan fingerprint density at radius 3 is 2.71 bits per heavy atom. The van der Waals surface area contributed by atoms with Crippen molar-refractivity contribution in [2.75, 3.05) is 32.7 Å². The van der Waals surface area contributed by atoms with Crippen LogP contribution in [0.25, 0.3) is 0 Å². The fourth-order valence-electron chi connectivity index (χ4n) is 2.75. The third kappa shape index (κ3) is 7.33. The van der Waals surface area contributed by atoms with Crippen LogP contribution in [0.15, 0.2) is 11.3 Å².